The van der Waals surface area contributed by atoms with Gasteiger partial charge in [0.15, 0.2) is 5.75 Å². The molecule has 1 amide bonds. The third-order valence-electron chi connectivity index (χ3n) is 2.93. The predicted octanol–water partition coefficient (Wildman–Crippen LogP) is 4.08. The quantitative estimate of drug-likeness (QED) is 0.794. The molecule has 0 spiro atoms. The van der Waals surface area contributed by atoms with Crippen LogP contribution in [0.5, 0.6) is 5.75 Å². The standard InChI is InChI=1S/C15H11ClF3NO4S/c1-9(21)20-13-4-2-3-5-14(13)24-25(22,23)10-6-7-12(16)11(8-10)15(17,18)19/h2-8H,1H3,(H,20,21). The van der Waals surface area contributed by atoms with Crippen LogP contribution in [0, 0.1) is 0 Å². The zero-order valence-electron chi connectivity index (χ0n) is 12.6. The van der Waals surface area contributed by atoms with E-state index in [1.54, 1.807) is 0 Å². The summed E-state index contributed by atoms with van der Waals surface area (Å²) in [6.45, 7) is 1.21. The van der Waals surface area contributed by atoms with E-state index in [4.69, 9.17) is 15.8 Å². The molecule has 0 aliphatic heterocycles. The number of halogens is 4. The summed E-state index contributed by atoms with van der Waals surface area (Å²) in [6.07, 6.45) is -4.82. The monoisotopic (exact) mass is 393 g/mol. The number of carbonyl (C=O) groups is 1. The molecule has 0 aliphatic rings. The number of rotatable bonds is 4. The number of alkyl halides is 3. The third-order valence-corrected chi connectivity index (χ3v) is 4.49. The average molecular weight is 394 g/mol. The van der Waals surface area contributed by atoms with Gasteiger partial charge in [0.05, 0.1) is 16.3 Å². The van der Waals surface area contributed by atoms with Crippen molar-refractivity contribution in [2.45, 2.75) is 18.0 Å². The number of carbonyl (C=O) groups excluding carboxylic acids is 1. The molecule has 0 bridgehead atoms. The van der Waals surface area contributed by atoms with E-state index in [1.165, 1.54) is 31.2 Å². The minimum Gasteiger partial charge on any atom is -0.377 e. The first-order valence-electron chi connectivity index (χ1n) is 6.68. The molecule has 0 saturated carbocycles. The van der Waals surface area contributed by atoms with E-state index in [-0.39, 0.29) is 11.4 Å². The maximum atomic E-state index is 12.9. The van der Waals surface area contributed by atoms with Crippen molar-refractivity contribution in [2.24, 2.45) is 0 Å². The summed E-state index contributed by atoms with van der Waals surface area (Å²) in [5.74, 6) is -0.708. The summed E-state index contributed by atoms with van der Waals surface area (Å²) in [5, 5.41) is 1.73. The smallest absolute Gasteiger partial charge is 0.377 e. The fourth-order valence-electron chi connectivity index (χ4n) is 1.88. The SMILES string of the molecule is CC(=O)Nc1ccccc1OS(=O)(=O)c1ccc(Cl)c(C(F)(F)F)c1. The van der Waals surface area contributed by atoms with E-state index >= 15 is 0 Å². The molecule has 10 heteroatoms. The summed E-state index contributed by atoms with van der Waals surface area (Å²) in [6, 6.07) is 7.71. The Kier molecular flexibility index (Phi) is 5.28. The summed E-state index contributed by atoms with van der Waals surface area (Å²) in [4.78, 5) is 10.4. The van der Waals surface area contributed by atoms with Crippen LogP contribution in [0.2, 0.25) is 5.02 Å². The lowest BCUT2D eigenvalue weighted by atomic mass is 10.2. The zero-order valence-corrected chi connectivity index (χ0v) is 14.2. The van der Waals surface area contributed by atoms with Crippen LogP contribution in [-0.4, -0.2) is 14.3 Å². The van der Waals surface area contributed by atoms with Crippen molar-refractivity contribution in [3.05, 3.63) is 53.1 Å². The summed E-state index contributed by atoms with van der Waals surface area (Å²) < 4.78 is 68.1. The van der Waals surface area contributed by atoms with Gasteiger partial charge in [-0.1, -0.05) is 23.7 Å². The molecule has 2 aromatic carbocycles. The number of anilines is 1. The Morgan fingerprint density at radius 2 is 1.80 bits per heavy atom. The first-order valence-corrected chi connectivity index (χ1v) is 8.47. The Labute approximate surface area is 146 Å². The number of hydrogen-bond acceptors (Lipinski definition) is 4. The van der Waals surface area contributed by atoms with E-state index in [2.05, 4.69) is 5.32 Å². The summed E-state index contributed by atoms with van der Waals surface area (Å²) in [5.41, 5.74) is -1.24. The highest BCUT2D eigenvalue weighted by Gasteiger charge is 2.35. The van der Waals surface area contributed by atoms with Crippen LogP contribution in [0.4, 0.5) is 18.9 Å². The molecule has 2 aromatic rings. The second-order valence-electron chi connectivity index (χ2n) is 4.85. The molecule has 0 radical (unpaired) electrons. The van der Waals surface area contributed by atoms with Gasteiger partial charge in [-0.25, -0.2) is 0 Å². The van der Waals surface area contributed by atoms with Crippen LogP contribution in [0.1, 0.15) is 12.5 Å². The van der Waals surface area contributed by atoms with Crippen LogP contribution in [0.15, 0.2) is 47.4 Å². The lowest BCUT2D eigenvalue weighted by Crippen LogP contribution is -2.14. The normalized spacial score (nSPS) is 11.9. The van der Waals surface area contributed by atoms with Gasteiger partial charge in [-0.15, -0.1) is 0 Å². The molecule has 134 valence electrons. The molecule has 1 N–H and O–H groups in total. The molecular formula is C15H11ClF3NO4S. The van der Waals surface area contributed by atoms with Gasteiger partial charge in [0, 0.05) is 6.92 Å². The number of hydrogen-bond donors (Lipinski definition) is 1. The van der Waals surface area contributed by atoms with Gasteiger partial charge in [0.1, 0.15) is 4.90 Å². The minimum atomic E-state index is -4.82. The second kappa shape index (κ2) is 6.93. The number of benzene rings is 2. The molecule has 0 heterocycles. The van der Waals surface area contributed by atoms with Crippen LogP contribution >= 0.6 is 11.6 Å². The lowest BCUT2D eigenvalue weighted by Gasteiger charge is -2.13. The fraction of sp³-hybridized carbons (Fsp3) is 0.133. The van der Waals surface area contributed by atoms with Crippen molar-refractivity contribution in [3.8, 4) is 5.75 Å². The molecule has 0 saturated heterocycles. The van der Waals surface area contributed by atoms with E-state index in [1.807, 2.05) is 0 Å². The molecule has 5 nitrogen and oxygen atoms in total. The van der Waals surface area contributed by atoms with Crippen LogP contribution in [0.25, 0.3) is 0 Å². The van der Waals surface area contributed by atoms with Crippen molar-refractivity contribution in [2.75, 3.05) is 5.32 Å². The molecule has 25 heavy (non-hydrogen) atoms. The van der Waals surface area contributed by atoms with Crippen LogP contribution < -0.4 is 9.50 Å². The fourth-order valence-corrected chi connectivity index (χ4v) is 3.08. The summed E-state index contributed by atoms with van der Waals surface area (Å²) in [7, 11) is -4.58. The molecule has 2 rings (SSSR count). The highest BCUT2D eigenvalue weighted by molar-refractivity contribution is 7.87. The van der Waals surface area contributed by atoms with Gasteiger partial charge < -0.3 is 9.50 Å². The van der Waals surface area contributed by atoms with Gasteiger partial charge in [0.25, 0.3) is 0 Å². The number of para-hydroxylation sites is 2. The van der Waals surface area contributed by atoms with E-state index in [0.29, 0.717) is 6.07 Å². The highest BCUT2D eigenvalue weighted by atomic mass is 35.5. The Balaban J connectivity index is 2.43. The molecule has 0 aliphatic carbocycles. The summed E-state index contributed by atoms with van der Waals surface area (Å²) >= 11 is 5.47. The maximum absolute atomic E-state index is 12.9. The Morgan fingerprint density at radius 3 is 2.40 bits per heavy atom. The molecular weight excluding hydrogens is 383 g/mol. The van der Waals surface area contributed by atoms with E-state index in [9.17, 15) is 26.4 Å². The van der Waals surface area contributed by atoms with E-state index in [0.717, 1.165) is 12.1 Å². The van der Waals surface area contributed by atoms with Gasteiger partial charge in [0.2, 0.25) is 5.91 Å². The number of nitrogens with one attached hydrogen (secondary N) is 1. The van der Waals surface area contributed by atoms with Gasteiger partial charge in [-0.3, -0.25) is 4.79 Å². The van der Waals surface area contributed by atoms with Crippen molar-refractivity contribution in [1.29, 1.82) is 0 Å². The molecule has 0 fully saturated rings. The van der Waals surface area contributed by atoms with Crippen molar-refractivity contribution < 1.29 is 30.6 Å². The average Bonchev–Trinajstić information content (AvgIpc) is 2.47. The number of amides is 1. The predicted molar refractivity (Wildman–Crippen MR) is 85.0 cm³/mol. The van der Waals surface area contributed by atoms with Crippen molar-refractivity contribution in [3.63, 3.8) is 0 Å². The first-order chi connectivity index (χ1) is 11.5. The molecule has 0 aromatic heterocycles. The maximum Gasteiger partial charge on any atom is 0.417 e. The Hall–Kier alpha value is -2.26. The zero-order chi connectivity index (χ0) is 18.8. The van der Waals surface area contributed by atoms with Gasteiger partial charge >= 0.3 is 16.3 Å². The first kappa shape index (κ1) is 19.1. The lowest BCUT2D eigenvalue weighted by molar-refractivity contribution is -0.137. The molecule has 0 unspecified atom stereocenters. The Bertz CT molecular complexity index is 913. The van der Waals surface area contributed by atoms with E-state index < -0.39 is 37.7 Å². The largest absolute Gasteiger partial charge is 0.417 e. The Morgan fingerprint density at radius 1 is 1.16 bits per heavy atom. The van der Waals surface area contributed by atoms with Gasteiger partial charge in [-0.05, 0) is 30.3 Å². The second-order valence-corrected chi connectivity index (χ2v) is 6.81. The minimum absolute atomic E-state index is 0.0589. The van der Waals surface area contributed by atoms with Gasteiger partial charge in [-0.2, -0.15) is 21.6 Å². The van der Waals surface area contributed by atoms with Crippen molar-refractivity contribution in [1.82, 2.24) is 0 Å². The topological polar surface area (TPSA) is 72.5 Å². The third kappa shape index (κ3) is 4.64. The van der Waals surface area contributed by atoms with Crippen LogP contribution in [0.3, 0.4) is 0 Å². The van der Waals surface area contributed by atoms with Crippen molar-refractivity contribution >= 4 is 33.3 Å². The van der Waals surface area contributed by atoms with Crippen LogP contribution in [-0.2, 0) is 21.1 Å². The molecule has 0 atom stereocenters. The highest BCUT2D eigenvalue weighted by Crippen LogP contribution is 2.36.